The summed E-state index contributed by atoms with van der Waals surface area (Å²) >= 11 is 7.60. The van der Waals surface area contributed by atoms with E-state index in [4.69, 9.17) is 11.6 Å². The van der Waals surface area contributed by atoms with E-state index in [0.717, 1.165) is 18.6 Å². The van der Waals surface area contributed by atoms with E-state index in [1.807, 2.05) is 6.92 Å². The van der Waals surface area contributed by atoms with Crippen LogP contribution >= 0.6 is 23.4 Å². The van der Waals surface area contributed by atoms with Crippen LogP contribution in [0.25, 0.3) is 0 Å². The SMILES string of the molecule is CC1(C(=O)Cc2c(F)cccc2Cl)CCCS1. The van der Waals surface area contributed by atoms with Gasteiger partial charge in [0, 0.05) is 17.0 Å². The molecule has 0 saturated carbocycles. The van der Waals surface area contributed by atoms with Crippen molar-refractivity contribution in [1.82, 2.24) is 0 Å². The van der Waals surface area contributed by atoms with E-state index in [1.165, 1.54) is 6.07 Å². The highest BCUT2D eigenvalue weighted by molar-refractivity contribution is 8.01. The van der Waals surface area contributed by atoms with Crippen LogP contribution in [0, 0.1) is 5.82 Å². The third kappa shape index (κ3) is 2.66. The number of halogens is 2. The lowest BCUT2D eigenvalue weighted by atomic mass is 9.95. The third-order valence-corrected chi connectivity index (χ3v) is 5.12. The number of rotatable bonds is 3. The van der Waals surface area contributed by atoms with Crippen molar-refractivity contribution in [3.05, 3.63) is 34.6 Å². The van der Waals surface area contributed by atoms with Crippen molar-refractivity contribution in [2.24, 2.45) is 0 Å². The molecular formula is C13H14ClFOS. The maximum atomic E-state index is 13.6. The van der Waals surface area contributed by atoms with Crippen molar-refractivity contribution in [2.45, 2.75) is 30.9 Å². The first kappa shape index (κ1) is 12.9. The molecule has 17 heavy (non-hydrogen) atoms. The van der Waals surface area contributed by atoms with E-state index >= 15 is 0 Å². The summed E-state index contributed by atoms with van der Waals surface area (Å²) in [6.07, 6.45) is 2.02. The normalized spacial score (nSPS) is 23.9. The second kappa shape index (κ2) is 4.99. The lowest BCUT2D eigenvalue weighted by Gasteiger charge is -2.21. The van der Waals surface area contributed by atoms with Gasteiger partial charge in [0.15, 0.2) is 5.78 Å². The van der Waals surface area contributed by atoms with Crippen LogP contribution in [0.4, 0.5) is 4.39 Å². The summed E-state index contributed by atoms with van der Waals surface area (Å²) in [5.74, 6) is 0.692. The van der Waals surface area contributed by atoms with Crippen molar-refractivity contribution in [1.29, 1.82) is 0 Å². The molecule has 1 saturated heterocycles. The van der Waals surface area contributed by atoms with E-state index in [2.05, 4.69) is 0 Å². The standard InChI is InChI=1S/C13H14ClFOS/c1-13(6-3-7-17-13)12(16)8-9-10(14)4-2-5-11(9)15/h2,4-5H,3,6-8H2,1H3. The highest BCUT2D eigenvalue weighted by atomic mass is 35.5. The summed E-state index contributed by atoms with van der Waals surface area (Å²) in [6.45, 7) is 1.95. The van der Waals surface area contributed by atoms with Gasteiger partial charge in [0.2, 0.25) is 0 Å². The molecule has 4 heteroatoms. The van der Waals surface area contributed by atoms with Crippen LogP contribution in [0.2, 0.25) is 5.02 Å². The second-order valence-electron chi connectivity index (χ2n) is 4.48. The zero-order valence-corrected chi connectivity index (χ0v) is 11.2. The highest BCUT2D eigenvalue weighted by Gasteiger charge is 2.37. The Balaban J connectivity index is 2.18. The number of benzene rings is 1. The van der Waals surface area contributed by atoms with Crippen molar-refractivity contribution >= 4 is 29.1 Å². The topological polar surface area (TPSA) is 17.1 Å². The van der Waals surface area contributed by atoms with Crippen molar-refractivity contribution in [3.8, 4) is 0 Å². The Kier molecular flexibility index (Phi) is 3.79. The van der Waals surface area contributed by atoms with Crippen LogP contribution in [0.15, 0.2) is 18.2 Å². The van der Waals surface area contributed by atoms with Gasteiger partial charge in [-0.2, -0.15) is 0 Å². The molecule has 0 aliphatic carbocycles. The van der Waals surface area contributed by atoms with Crippen LogP contribution in [0.5, 0.6) is 0 Å². The Morgan fingerprint density at radius 3 is 2.94 bits per heavy atom. The smallest absolute Gasteiger partial charge is 0.153 e. The average Bonchev–Trinajstić information content (AvgIpc) is 2.72. The molecule has 0 spiro atoms. The maximum absolute atomic E-state index is 13.6. The highest BCUT2D eigenvalue weighted by Crippen LogP contribution is 2.39. The predicted molar refractivity (Wildman–Crippen MR) is 70.2 cm³/mol. The quantitative estimate of drug-likeness (QED) is 0.831. The lowest BCUT2D eigenvalue weighted by molar-refractivity contribution is -0.120. The van der Waals surface area contributed by atoms with Gasteiger partial charge in [-0.25, -0.2) is 4.39 Å². The van der Waals surface area contributed by atoms with Gasteiger partial charge >= 0.3 is 0 Å². The molecular weight excluding hydrogens is 259 g/mol. The number of hydrogen-bond donors (Lipinski definition) is 0. The molecule has 0 radical (unpaired) electrons. The van der Waals surface area contributed by atoms with Gasteiger partial charge in [-0.3, -0.25) is 4.79 Å². The number of carbonyl (C=O) groups is 1. The lowest BCUT2D eigenvalue weighted by Crippen LogP contribution is -2.30. The van der Waals surface area contributed by atoms with Gasteiger partial charge in [-0.1, -0.05) is 17.7 Å². The van der Waals surface area contributed by atoms with Crippen LogP contribution in [0.3, 0.4) is 0 Å². The zero-order chi connectivity index (χ0) is 12.5. The van der Waals surface area contributed by atoms with Gasteiger partial charge in [0.25, 0.3) is 0 Å². The molecule has 1 aliphatic rings. The third-order valence-electron chi connectivity index (χ3n) is 3.21. The molecule has 1 aromatic carbocycles. The van der Waals surface area contributed by atoms with Crippen LogP contribution in [-0.4, -0.2) is 16.3 Å². The molecule has 0 bridgehead atoms. The molecule has 1 aliphatic heterocycles. The molecule has 1 atom stereocenters. The summed E-state index contributed by atoms with van der Waals surface area (Å²) < 4.78 is 13.2. The maximum Gasteiger partial charge on any atom is 0.153 e. The first-order valence-electron chi connectivity index (χ1n) is 5.63. The molecule has 1 aromatic rings. The average molecular weight is 273 g/mol. The first-order chi connectivity index (χ1) is 8.03. The molecule has 1 nitrogen and oxygen atoms in total. The van der Waals surface area contributed by atoms with E-state index in [-0.39, 0.29) is 17.0 Å². The van der Waals surface area contributed by atoms with E-state index in [0.29, 0.717) is 10.6 Å². The second-order valence-corrected chi connectivity index (χ2v) is 6.49. The molecule has 2 rings (SSSR count). The van der Waals surface area contributed by atoms with E-state index in [1.54, 1.807) is 23.9 Å². The fourth-order valence-electron chi connectivity index (χ4n) is 2.05. The van der Waals surface area contributed by atoms with Crippen molar-refractivity contribution in [2.75, 3.05) is 5.75 Å². The molecule has 1 heterocycles. The minimum atomic E-state index is -0.391. The fourth-order valence-corrected chi connectivity index (χ4v) is 3.54. The first-order valence-corrected chi connectivity index (χ1v) is 6.99. The minimum absolute atomic E-state index is 0.0759. The summed E-state index contributed by atoms with van der Waals surface area (Å²) in [5.41, 5.74) is 0.327. The van der Waals surface area contributed by atoms with Crippen LogP contribution in [0.1, 0.15) is 25.3 Å². The summed E-state index contributed by atoms with van der Waals surface area (Å²) in [7, 11) is 0. The molecule has 1 fully saturated rings. The van der Waals surface area contributed by atoms with Crippen LogP contribution < -0.4 is 0 Å². The number of Topliss-reactive ketones (excluding diaryl/α,β-unsaturated/α-hetero) is 1. The summed E-state index contributed by atoms with van der Waals surface area (Å²) in [5, 5.41) is 0.338. The van der Waals surface area contributed by atoms with Gasteiger partial charge < -0.3 is 0 Å². The Hall–Kier alpha value is -0.540. The molecule has 0 aromatic heterocycles. The van der Waals surface area contributed by atoms with Crippen molar-refractivity contribution < 1.29 is 9.18 Å². The minimum Gasteiger partial charge on any atom is -0.298 e. The van der Waals surface area contributed by atoms with Gasteiger partial charge in [0.1, 0.15) is 5.82 Å². The Morgan fingerprint density at radius 1 is 1.59 bits per heavy atom. The summed E-state index contributed by atoms with van der Waals surface area (Å²) in [4.78, 5) is 12.2. The molecule has 0 N–H and O–H groups in total. The van der Waals surface area contributed by atoms with E-state index < -0.39 is 5.82 Å². The largest absolute Gasteiger partial charge is 0.298 e. The zero-order valence-electron chi connectivity index (χ0n) is 9.63. The van der Waals surface area contributed by atoms with Gasteiger partial charge in [-0.15, -0.1) is 11.8 Å². The van der Waals surface area contributed by atoms with Crippen LogP contribution in [-0.2, 0) is 11.2 Å². The van der Waals surface area contributed by atoms with E-state index in [9.17, 15) is 9.18 Å². The number of carbonyl (C=O) groups excluding carboxylic acids is 1. The molecule has 0 amide bonds. The Labute approximate surface area is 110 Å². The van der Waals surface area contributed by atoms with Gasteiger partial charge in [0.05, 0.1) is 4.75 Å². The Bertz CT molecular complexity index is 421. The molecule has 1 unspecified atom stereocenters. The number of thioether (sulfide) groups is 1. The van der Waals surface area contributed by atoms with Gasteiger partial charge in [-0.05, 0) is 37.7 Å². The predicted octanol–water partition coefficient (Wildman–Crippen LogP) is 3.88. The monoisotopic (exact) mass is 272 g/mol. The molecule has 92 valence electrons. The Morgan fingerprint density at radius 2 is 2.35 bits per heavy atom. The number of ketones is 1. The van der Waals surface area contributed by atoms with Crippen molar-refractivity contribution in [3.63, 3.8) is 0 Å². The number of hydrogen-bond acceptors (Lipinski definition) is 2. The fraction of sp³-hybridized carbons (Fsp3) is 0.462. The summed E-state index contributed by atoms with van der Waals surface area (Å²) in [6, 6.07) is 4.52.